The molecule has 1 aromatic carbocycles. The third-order valence-electron chi connectivity index (χ3n) is 3.43. The Morgan fingerprint density at radius 1 is 1.23 bits per heavy atom. The monoisotopic (exact) mass is 322 g/mol. The van der Waals surface area contributed by atoms with Crippen molar-refractivity contribution in [3.63, 3.8) is 0 Å². The van der Waals surface area contributed by atoms with E-state index in [1.54, 1.807) is 33.3 Å². The summed E-state index contributed by atoms with van der Waals surface area (Å²) in [7, 11) is 4.49. The van der Waals surface area contributed by atoms with E-state index in [0.717, 1.165) is 5.56 Å². The van der Waals surface area contributed by atoms with Crippen molar-refractivity contribution in [2.75, 3.05) is 21.3 Å². The number of allylic oxidation sites excluding steroid dienone is 1. The van der Waals surface area contributed by atoms with E-state index in [-0.39, 0.29) is 0 Å². The first-order valence-electron chi connectivity index (χ1n) is 6.60. The van der Waals surface area contributed by atoms with Gasteiger partial charge in [0.25, 0.3) is 0 Å². The maximum atomic E-state index is 12.1. The summed E-state index contributed by atoms with van der Waals surface area (Å²) in [6.45, 7) is 1.78. The Morgan fingerprint density at radius 3 is 2.55 bits per heavy atom. The van der Waals surface area contributed by atoms with E-state index in [9.17, 15) is 4.79 Å². The molecule has 1 unspecified atom stereocenters. The van der Waals surface area contributed by atoms with Crippen molar-refractivity contribution >= 4 is 23.3 Å². The number of methoxy groups -OCH3 is 3. The van der Waals surface area contributed by atoms with Crippen molar-refractivity contribution in [1.29, 1.82) is 0 Å². The summed E-state index contributed by atoms with van der Waals surface area (Å²) in [5, 5.41) is 6.46. The molecule has 1 aromatic rings. The summed E-state index contributed by atoms with van der Waals surface area (Å²) < 4.78 is 15.5. The summed E-state index contributed by atoms with van der Waals surface area (Å²) >= 11 is 5.19. The minimum absolute atomic E-state index is 0.428. The number of benzene rings is 1. The molecule has 0 saturated heterocycles. The van der Waals surface area contributed by atoms with Crippen LogP contribution in [0.1, 0.15) is 18.5 Å². The van der Waals surface area contributed by atoms with Crippen LogP contribution in [0.15, 0.2) is 29.5 Å². The summed E-state index contributed by atoms with van der Waals surface area (Å²) in [6.07, 6.45) is 0. The molecule has 6 nitrogen and oxygen atoms in total. The van der Waals surface area contributed by atoms with Crippen LogP contribution in [0.25, 0.3) is 0 Å². The van der Waals surface area contributed by atoms with Crippen LogP contribution in [0.5, 0.6) is 11.5 Å². The van der Waals surface area contributed by atoms with Crippen LogP contribution in [0.2, 0.25) is 0 Å². The molecule has 0 fully saturated rings. The van der Waals surface area contributed by atoms with Gasteiger partial charge in [-0.05, 0) is 31.3 Å². The summed E-state index contributed by atoms with van der Waals surface area (Å²) in [4.78, 5) is 12.1. The van der Waals surface area contributed by atoms with Crippen molar-refractivity contribution in [2.45, 2.75) is 13.0 Å². The van der Waals surface area contributed by atoms with Crippen LogP contribution in [0.4, 0.5) is 0 Å². The zero-order chi connectivity index (χ0) is 16.3. The number of carbonyl (C=O) groups excluding carboxylic acids is 1. The van der Waals surface area contributed by atoms with Gasteiger partial charge in [0.15, 0.2) is 5.11 Å². The normalized spacial score (nSPS) is 17.5. The number of rotatable bonds is 4. The number of ether oxygens (including phenoxy) is 3. The van der Waals surface area contributed by atoms with Crippen LogP contribution in [0, 0.1) is 0 Å². The van der Waals surface area contributed by atoms with Crippen LogP contribution < -0.4 is 20.1 Å². The molecule has 1 aliphatic rings. The molecule has 2 rings (SSSR count). The lowest BCUT2D eigenvalue weighted by atomic mass is 9.95. The molecule has 118 valence electrons. The maximum Gasteiger partial charge on any atom is 0.337 e. The highest BCUT2D eigenvalue weighted by molar-refractivity contribution is 7.80. The van der Waals surface area contributed by atoms with Crippen LogP contribution >= 0.6 is 12.2 Å². The van der Waals surface area contributed by atoms with Crippen LogP contribution in [-0.2, 0) is 9.53 Å². The van der Waals surface area contributed by atoms with Gasteiger partial charge in [-0.1, -0.05) is 0 Å². The van der Waals surface area contributed by atoms with E-state index in [1.165, 1.54) is 7.11 Å². The molecule has 0 saturated carbocycles. The Kier molecular flexibility index (Phi) is 4.87. The summed E-state index contributed by atoms with van der Waals surface area (Å²) in [5.74, 6) is 0.830. The zero-order valence-corrected chi connectivity index (χ0v) is 13.7. The molecule has 2 N–H and O–H groups in total. The SMILES string of the molecule is COC(=O)C1=C(C)NC(=S)NC1c1ccc(OC)cc1OC. The van der Waals surface area contributed by atoms with Gasteiger partial charge in [0, 0.05) is 17.3 Å². The predicted octanol–water partition coefficient (Wildman–Crippen LogP) is 1.67. The van der Waals surface area contributed by atoms with Crippen LogP contribution in [0.3, 0.4) is 0 Å². The lowest BCUT2D eigenvalue weighted by Crippen LogP contribution is -2.45. The first kappa shape index (κ1) is 16.1. The largest absolute Gasteiger partial charge is 0.497 e. The highest BCUT2D eigenvalue weighted by Crippen LogP contribution is 2.35. The average molecular weight is 322 g/mol. The van der Waals surface area contributed by atoms with Crippen LogP contribution in [-0.4, -0.2) is 32.4 Å². The Hall–Kier alpha value is -2.28. The Labute approximate surface area is 134 Å². The quantitative estimate of drug-likeness (QED) is 0.645. The third-order valence-corrected chi connectivity index (χ3v) is 3.65. The smallest absolute Gasteiger partial charge is 0.337 e. The molecular weight excluding hydrogens is 304 g/mol. The van der Waals surface area contributed by atoms with Gasteiger partial charge in [-0.25, -0.2) is 4.79 Å². The first-order chi connectivity index (χ1) is 10.5. The molecule has 22 heavy (non-hydrogen) atoms. The van der Waals surface area contributed by atoms with Gasteiger partial charge in [-0.15, -0.1) is 0 Å². The van der Waals surface area contributed by atoms with E-state index in [4.69, 9.17) is 26.4 Å². The summed E-state index contributed by atoms with van der Waals surface area (Å²) in [5.41, 5.74) is 1.88. The van der Waals surface area contributed by atoms with E-state index >= 15 is 0 Å². The minimum atomic E-state index is -0.456. The fourth-order valence-corrected chi connectivity index (χ4v) is 2.64. The Bertz CT molecular complexity index is 642. The van der Waals surface area contributed by atoms with Crippen molar-refractivity contribution in [1.82, 2.24) is 10.6 Å². The van der Waals surface area contributed by atoms with E-state index in [1.807, 2.05) is 6.07 Å². The van der Waals surface area contributed by atoms with Gasteiger partial charge in [-0.3, -0.25) is 0 Å². The molecule has 0 amide bonds. The molecule has 0 aliphatic carbocycles. The van der Waals surface area contributed by atoms with E-state index in [2.05, 4.69) is 10.6 Å². The number of esters is 1. The Morgan fingerprint density at radius 2 is 1.95 bits per heavy atom. The first-order valence-corrected chi connectivity index (χ1v) is 7.01. The minimum Gasteiger partial charge on any atom is -0.497 e. The van der Waals surface area contributed by atoms with Gasteiger partial charge >= 0.3 is 5.97 Å². The molecule has 0 spiro atoms. The highest BCUT2D eigenvalue weighted by atomic mass is 32.1. The highest BCUT2D eigenvalue weighted by Gasteiger charge is 2.32. The van der Waals surface area contributed by atoms with Crippen molar-refractivity contribution < 1.29 is 19.0 Å². The Balaban J connectivity index is 2.55. The second-order valence-corrected chi connectivity index (χ2v) is 5.08. The predicted molar refractivity (Wildman–Crippen MR) is 85.9 cm³/mol. The van der Waals surface area contributed by atoms with Crippen molar-refractivity contribution in [2.24, 2.45) is 0 Å². The standard InChI is InChI=1S/C15H18N2O4S/c1-8-12(14(18)21-4)13(17-15(22)16-8)10-6-5-9(19-2)7-11(10)20-3/h5-7,13H,1-4H3,(H2,16,17,22). The number of nitrogens with one attached hydrogen (secondary N) is 2. The lowest BCUT2D eigenvalue weighted by molar-refractivity contribution is -0.136. The number of hydrogen-bond donors (Lipinski definition) is 2. The topological polar surface area (TPSA) is 68.8 Å². The second kappa shape index (κ2) is 6.65. The molecule has 7 heteroatoms. The van der Waals surface area contributed by atoms with E-state index < -0.39 is 12.0 Å². The third kappa shape index (κ3) is 2.99. The summed E-state index contributed by atoms with van der Waals surface area (Å²) in [6, 6.07) is 4.93. The van der Waals surface area contributed by atoms with Crippen molar-refractivity contribution in [3.8, 4) is 11.5 Å². The molecule has 1 atom stereocenters. The van der Waals surface area contributed by atoms with Gasteiger partial charge in [0.2, 0.25) is 0 Å². The van der Waals surface area contributed by atoms with Gasteiger partial charge in [0.05, 0.1) is 32.9 Å². The molecule has 0 bridgehead atoms. The van der Waals surface area contributed by atoms with Crippen molar-refractivity contribution in [3.05, 3.63) is 35.0 Å². The second-order valence-electron chi connectivity index (χ2n) is 4.67. The maximum absolute atomic E-state index is 12.1. The molecular formula is C15H18N2O4S. The van der Waals surface area contributed by atoms with Gasteiger partial charge in [-0.2, -0.15) is 0 Å². The fraction of sp³-hybridized carbons (Fsp3) is 0.333. The molecule has 0 radical (unpaired) electrons. The fourth-order valence-electron chi connectivity index (χ4n) is 2.36. The number of carbonyl (C=O) groups is 1. The lowest BCUT2D eigenvalue weighted by Gasteiger charge is -2.30. The molecule has 0 aromatic heterocycles. The van der Waals surface area contributed by atoms with E-state index in [0.29, 0.717) is 27.9 Å². The van der Waals surface area contributed by atoms with Gasteiger partial charge < -0.3 is 24.8 Å². The van der Waals surface area contributed by atoms with Gasteiger partial charge in [0.1, 0.15) is 11.5 Å². The average Bonchev–Trinajstić information content (AvgIpc) is 2.52. The number of hydrogen-bond acceptors (Lipinski definition) is 5. The molecule has 1 aliphatic heterocycles. The number of thiocarbonyl (C=S) groups is 1. The zero-order valence-electron chi connectivity index (χ0n) is 12.9. The molecule has 1 heterocycles.